The first-order valence-electron chi connectivity index (χ1n) is 10.0. The molecule has 0 unspecified atom stereocenters. The van der Waals surface area contributed by atoms with E-state index in [0.717, 1.165) is 63.2 Å². The smallest absolute Gasteiger partial charge is 0.194 e. The summed E-state index contributed by atoms with van der Waals surface area (Å²) in [5.41, 5.74) is 1.24. The molecular weight excluding hydrogens is 481 g/mol. The molecule has 1 aliphatic heterocycles. The van der Waals surface area contributed by atoms with Crippen molar-refractivity contribution in [1.29, 1.82) is 0 Å². The minimum atomic E-state index is 0. The highest BCUT2D eigenvalue weighted by Gasteiger charge is 2.19. The number of benzene rings is 1. The Morgan fingerprint density at radius 1 is 1.14 bits per heavy atom. The van der Waals surface area contributed by atoms with Crippen molar-refractivity contribution in [3.63, 3.8) is 0 Å². The van der Waals surface area contributed by atoms with E-state index in [0.29, 0.717) is 6.54 Å². The number of hydrogen-bond donors (Lipinski definition) is 1. The Labute approximate surface area is 190 Å². The van der Waals surface area contributed by atoms with Crippen molar-refractivity contribution in [2.45, 2.75) is 26.8 Å². The number of aliphatic imine (C=N–C) groups is 1. The molecule has 3 rings (SSSR count). The number of aryl methyl sites for hydroxylation is 1. The summed E-state index contributed by atoms with van der Waals surface area (Å²) in [5, 5.41) is 11.6. The molecule has 0 radical (unpaired) electrons. The molecule has 1 aromatic carbocycles. The van der Waals surface area contributed by atoms with Gasteiger partial charge in [0.15, 0.2) is 5.96 Å². The van der Waals surface area contributed by atoms with E-state index in [4.69, 9.17) is 9.73 Å². The Kier molecular flexibility index (Phi) is 9.49. The number of methoxy groups -OCH3 is 1. The number of guanidine groups is 1. The lowest BCUT2D eigenvalue weighted by molar-refractivity contribution is 0.372. The van der Waals surface area contributed by atoms with Crippen LogP contribution in [0.15, 0.2) is 35.6 Å². The summed E-state index contributed by atoms with van der Waals surface area (Å²) in [6, 6.07) is 8.28. The van der Waals surface area contributed by atoms with Gasteiger partial charge in [0.2, 0.25) is 0 Å². The van der Waals surface area contributed by atoms with Gasteiger partial charge in [-0.1, -0.05) is 6.92 Å². The molecule has 0 amide bonds. The first-order chi connectivity index (χ1) is 13.7. The monoisotopic (exact) mass is 513 g/mol. The van der Waals surface area contributed by atoms with Gasteiger partial charge in [-0.05, 0) is 31.2 Å². The van der Waals surface area contributed by atoms with E-state index in [2.05, 4.69) is 55.9 Å². The normalized spacial score (nSPS) is 14.5. The Hall–Kier alpha value is -2.04. The second-order valence-corrected chi connectivity index (χ2v) is 6.70. The lowest BCUT2D eigenvalue weighted by Crippen LogP contribution is -2.52. The standard InChI is InChI=1S/C20H31N7O.HI/c1-4-19-24-23-16-27(19)11-10-22-20(21-5-2)26-14-12-25(13-15-26)17-6-8-18(28-3)9-7-17;/h6-9,16H,4-5,10-15H2,1-3H3,(H,21,22);1H. The van der Waals surface area contributed by atoms with Gasteiger partial charge in [0, 0.05) is 51.4 Å². The molecule has 2 heterocycles. The third-order valence-electron chi connectivity index (χ3n) is 4.97. The van der Waals surface area contributed by atoms with Crippen LogP contribution in [-0.2, 0) is 13.0 Å². The summed E-state index contributed by atoms with van der Waals surface area (Å²) in [4.78, 5) is 9.58. The minimum Gasteiger partial charge on any atom is -0.497 e. The zero-order valence-corrected chi connectivity index (χ0v) is 19.9. The summed E-state index contributed by atoms with van der Waals surface area (Å²) in [6.45, 7) is 10.4. The van der Waals surface area contributed by atoms with Gasteiger partial charge in [0.05, 0.1) is 13.7 Å². The van der Waals surface area contributed by atoms with Crippen LogP contribution in [0.1, 0.15) is 19.7 Å². The zero-order valence-electron chi connectivity index (χ0n) is 17.5. The minimum absolute atomic E-state index is 0. The second-order valence-electron chi connectivity index (χ2n) is 6.70. The van der Waals surface area contributed by atoms with Gasteiger partial charge in [0.25, 0.3) is 0 Å². The van der Waals surface area contributed by atoms with Crippen LogP contribution in [0.2, 0.25) is 0 Å². The summed E-state index contributed by atoms with van der Waals surface area (Å²) in [5.74, 6) is 2.89. The number of anilines is 1. The average molecular weight is 513 g/mol. The maximum atomic E-state index is 5.25. The highest BCUT2D eigenvalue weighted by Crippen LogP contribution is 2.20. The second kappa shape index (κ2) is 11.8. The predicted octanol–water partition coefficient (Wildman–Crippen LogP) is 2.25. The summed E-state index contributed by atoms with van der Waals surface area (Å²) in [7, 11) is 1.70. The quantitative estimate of drug-likeness (QED) is 0.348. The third-order valence-corrected chi connectivity index (χ3v) is 4.97. The number of piperazine rings is 1. The third kappa shape index (κ3) is 6.22. The number of nitrogens with one attached hydrogen (secondary N) is 1. The van der Waals surface area contributed by atoms with Gasteiger partial charge < -0.3 is 24.4 Å². The lowest BCUT2D eigenvalue weighted by Gasteiger charge is -2.37. The molecule has 0 spiro atoms. The van der Waals surface area contributed by atoms with Crippen molar-refractivity contribution in [3.8, 4) is 5.75 Å². The fourth-order valence-corrected chi connectivity index (χ4v) is 3.40. The van der Waals surface area contributed by atoms with Crippen LogP contribution < -0.4 is 15.0 Å². The number of hydrogen-bond acceptors (Lipinski definition) is 5. The van der Waals surface area contributed by atoms with E-state index in [1.165, 1.54) is 5.69 Å². The molecular formula is C20H32IN7O. The van der Waals surface area contributed by atoms with Gasteiger partial charge >= 0.3 is 0 Å². The van der Waals surface area contributed by atoms with Gasteiger partial charge in [0.1, 0.15) is 17.9 Å². The predicted molar refractivity (Wildman–Crippen MR) is 128 cm³/mol. The number of ether oxygens (including phenoxy) is 1. The molecule has 1 fully saturated rings. The molecule has 1 aromatic heterocycles. The summed E-state index contributed by atoms with van der Waals surface area (Å²) in [6.07, 6.45) is 2.67. The molecule has 1 saturated heterocycles. The van der Waals surface area contributed by atoms with E-state index in [1.807, 2.05) is 12.1 Å². The Bertz CT molecular complexity index is 754. The fraction of sp³-hybridized carbons (Fsp3) is 0.550. The topological polar surface area (TPSA) is 70.8 Å². The maximum Gasteiger partial charge on any atom is 0.194 e. The highest BCUT2D eigenvalue weighted by molar-refractivity contribution is 14.0. The van der Waals surface area contributed by atoms with Gasteiger partial charge in [-0.25, -0.2) is 0 Å². The van der Waals surface area contributed by atoms with Crippen molar-refractivity contribution in [3.05, 3.63) is 36.4 Å². The van der Waals surface area contributed by atoms with Crippen molar-refractivity contribution < 1.29 is 4.74 Å². The number of rotatable bonds is 7. The van der Waals surface area contributed by atoms with Crippen LogP contribution in [0.3, 0.4) is 0 Å². The van der Waals surface area contributed by atoms with Crippen LogP contribution in [0.25, 0.3) is 0 Å². The van der Waals surface area contributed by atoms with Gasteiger partial charge in [-0.15, -0.1) is 34.2 Å². The van der Waals surface area contributed by atoms with Crippen LogP contribution in [0, 0.1) is 0 Å². The van der Waals surface area contributed by atoms with Gasteiger partial charge in [-0.2, -0.15) is 0 Å². The Morgan fingerprint density at radius 2 is 1.86 bits per heavy atom. The molecule has 1 N–H and O–H groups in total. The number of halogens is 1. The molecule has 0 bridgehead atoms. The molecule has 0 atom stereocenters. The number of aromatic nitrogens is 3. The molecule has 2 aromatic rings. The maximum absolute atomic E-state index is 5.25. The first-order valence-corrected chi connectivity index (χ1v) is 10.0. The van der Waals surface area contributed by atoms with E-state index in [9.17, 15) is 0 Å². The molecule has 0 saturated carbocycles. The van der Waals surface area contributed by atoms with Crippen LogP contribution in [0.5, 0.6) is 5.75 Å². The van der Waals surface area contributed by atoms with Crippen LogP contribution in [-0.4, -0.2) is 72.0 Å². The highest BCUT2D eigenvalue weighted by atomic mass is 127. The van der Waals surface area contributed by atoms with Crippen LogP contribution in [0.4, 0.5) is 5.69 Å². The van der Waals surface area contributed by atoms with Crippen molar-refractivity contribution in [2.75, 3.05) is 51.3 Å². The number of nitrogens with zero attached hydrogens (tertiary/aromatic N) is 6. The van der Waals surface area contributed by atoms with Crippen LogP contribution >= 0.6 is 24.0 Å². The van der Waals surface area contributed by atoms with Crippen molar-refractivity contribution >= 4 is 35.6 Å². The van der Waals surface area contributed by atoms with Crippen molar-refractivity contribution in [2.24, 2.45) is 4.99 Å². The Morgan fingerprint density at radius 3 is 2.48 bits per heavy atom. The molecule has 0 aliphatic carbocycles. The first kappa shape index (κ1) is 23.2. The summed E-state index contributed by atoms with van der Waals surface area (Å²) < 4.78 is 7.33. The van der Waals surface area contributed by atoms with E-state index in [-0.39, 0.29) is 24.0 Å². The molecule has 1 aliphatic rings. The van der Waals surface area contributed by atoms with E-state index >= 15 is 0 Å². The largest absolute Gasteiger partial charge is 0.497 e. The lowest BCUT2D eigenvalue weighted by atomic mass is 10.2. The molecule has 29 heavy (non-hydrogen) atoms. The zero-order chi connectivity index (χ0) is 19.8. The van der Waals surface area contributed by atoms with E-state index in [1.54, 1.807) is 13.4 Å². The summed E-state index contributed by atoms with van der Waals surface area (Å²) >= 11 is 0. The molecule has 8 nitrogen and oxygen atoms in total. The average Bonchev–Trinajstić information content (AvgIpc) is 3.21. The molecule has 9 heteroatoms. The van der Waals surface area contributed by atoms with Crippen molar-refractivity contribution in [1.82, 2.24) is 25.0 Å². The fourth-order valence-electron chi connectivity index (χ4n) is 3.40. The SMILES string of the molecule is CCNC(=NCCn1cnnc1CC)N1CCN(c2ccc(OC)cc2)CC1.I. The van der Waals surface area contributed by atoms with Gasteiger partial charge in [-0.3, -0.25) is 4.99 Å². The molecule has 160 valence electrons. The van der Waals surface area contributed by atoms with E-state index < -0.39 is 0 Å². The Balaban J connectivity index is 0.00000300.